The fourth-order valence-corrected chi connectivity index (χ4v) is 0. The molecule has 0 aromatic carbocycles. The Balaban J connectivity index is -0.0000000215. The van der Waals surface area contributed by atoms with Crippen molar-refractivity contribution in [1.29, 1.82) is 0 Å². The largest absolute Gasteiger partial charge is 2.00 e. The monoisotopic (exact) mass is 545 g/mol. The van der Waals surface area contributed by atoms with Crippen molar-refractivity contribution in [3.05, 3.63) is 13.2 Å². The normalized spacial score (nSPS) is 5.04. The van der Waals surface area contributed by atoms with Crippen LogP contribution in [0.4, 0.5) is 0 Å². The molecule has 0 unspecified atom stereocenters. The predicted molar refractivity (Wildman–Crippen MR) is 123 cm³/mol. The topological polar surface area (TPSA) is 84.5 Å². The molecule has 0 heterocycles. The minimum atomic E-state index is 0. The number of thiocarbonyl (C=S) groups is 5. The van der Waals surface area contributed by atoms with E-state index >= 15 is 0 Å². The van der Waals surface area contributed by atoms with Gasteiger partial charge in [0.1, 0.15) is 4.32 Å². The summed E-state index contributed by atoms with van der Waals surface area (Å²) in [6, 6.07) is 0. The van der Waals surface area contributed by atoms with Crippen LogP contribution in [0.25, 0.3) is 0 Å². The van der Waals surface area contributed by atoms with E-state index in [4.69, 9.17) is 5.73 Å². The maximum absolute atomic E-state index is 4.71. The molecule has 0 atom stereocenters. The third kappa shape index (κ3) is 472. The predicted octanol–water partition coefficient (Wildman–Crippen LogP) is 1.28. The first-order valence-electron chi connectivity index (χ1n) is 4.85. The van der Waals surface area contributed by atoms with Gasteiger partial charge in [0, 0.05) is 0 Å². The van der Waals surface area contributed by atoms with Crippen LogP contribution >= 0.6 is 73.7 Å². The maximum Gasteiger partial charge on any atom is 2.00 e. The van der Waals surface area contributed by atoms with Gasteiger partial charge in [0.25, 0.3) is 0 Å². The summed E-state index contributed by atoms with van der Waals surface area (Å²) in [5.41, 5.74) is 22.1. The van der Waals surface area contributed by atoms with Crippen molar-refractivity contribution in [2.24, 2.45) is 17.2 Å². The van der Waals surface area contributed by atoms with Gasteiger partial charge in [-0.1, -0.05) is 12.2 Å². The van der Waals surface area contributed by atoms with Crippen molar-refractivity contribution in [3.8, 4) is 0 Å². The Hall–Kier alpha value is 0.787. The molecule has 13 heteroatoms. The van der Waals surface area contributed by atoms with Gasteiger partial charge in [0.15, 0.2) is 0 Å². The van der Waals surface area contributed by atoms with E-state index in [1.807, 2.05) is 39.2 Å². The van der Waals surface area contributed by atoms with Crippen LogP contribution in [0.5, 0.6) is 0 Å². The fraction of sp³-hybridized carbons (Fsp3) is 0.364. The van der Waals surface area contributed by atoms with E-state index in [2.05, 4.69) is 109 Å². The number of hydrogen-bond acceptors (Lipinski definition) is 5. The summed E-state index contributed by atoms with van der Waals surface area (Å²) in [6.45, 7) is 6.00. The van der Waals surface area contributed by atoms with Gasteiger partial charge in [-0.2, -0.15) is 0 Å². The van der Waals surface area contributed by atoms with E-state index in [0.717, 1.165) is 0 Å². The van der Waals surface area contributed by atoms with Crippen LogP contribution in [0, 0.1) is 0 Å². The van der Waals surface area contributed by atoms with Crippen molar-refractivity contribution in [2.45, 2.75) is 0 Å². The summed E-state index contributed by atoms with van der Waals surface area (Å²) < 4.78 is 0.194. The number of nitrogens with two attached hydrogens (primary N) is 3. The Morgan fingerprint density at radius 3 is 0.875 bits per heavy atom. The molecule has 6 N–H and O–H groups in total. The number of rotatable bonds is 2. The minimum absolute atomic E-state index is 0. The molecule has 0 fully saturated rings. The van der Waals surface area contributed by atoms with E-state index < -0.39 is 0 Å². The summed E-state index contributed by atoms with van der Waals surface area (Å²) in [5, 5.41) is 0. The van der Waals surface area contributed by atoms with Crippen LogP contribution in [0.1, 0.15) is 0 Å². The van der Waals surface area contributed by atoms with E-state index in [1.54, 1.807) is 9.80 Å². The van der Waals surface area contributed by atoms with Crippen LogP contribution in [0.2, 0.25) is 0 Å². The van der Waals surface area contributed by atoms with Crippen LogP contribution in [0.15, 0.2) is 13.2 Å². The minimum Gasteiger partial charge on any atom is -0.570 e. The average molecular weight is 549 g/mol. The summed E-state index contributed by atoms with van der Waals surface area (Å²) in [4.78, 5) is 3.38. The third-order valence-corrected chi connectivity index (χ3v) is 1.10. The molecule has 0 spiro atoms. The standard InChI is InChI=1S/2C3H6NS.C2H4.CH3NS2.2CH2NS.2Zn/c2*1-4(2)3-5;1-2;2-1(3)4;2*2-1-3;;/h2*1-2H3;1-2H2;(H3,2,3,4);2*(H2,2,3);;/q2*-1;;;2*-1;2*+2. The van der Waals surface area contributed by atoms with Gasteiger partial charge in [-0.05, 0) is 28.2 Å². The van der Waals surface area contributed by atoms with Crippen molar-refractivity contribution in [3.63, 3.8) is 0 Å². The van der Waals surface area contributed by atoms with Crippen LogP contribution in [-0.2, 0) is 39.0 Å². The van der Waals surface area contributed by atoms with Gasteiger partial charge in [-0.3, -0.25) is 0 Å². The second-order valence-corrected chi connectivity index (χ2v) is 4.61. The van der Waals surface area contributed by atoms with Crippen molar-refractivity contribution >= 4 is 100 Å². The zero-order chi connectivity index (χ0) is 19.6. The molecule has 0 aliphatic heterocycles. The summed E-state index contributed by atoms with van der Waals surface area (Å²) in [5.74, 6) is 0. The number of thiol groups is 1. The summed E-state index contributed by atoms with van der Waals surface area (Å²) in [7, 11) is 7.36. The molecule has 5 nitrogen and oxygen atoms in total. The second-order valence-electron chi connectivity index (χ2n) is 2.55. The summed E-state index contributed by atoms with van der Waals surface area (Å²) >= 11 is 24.2. The van der Waals surface area contributed by atoms with Gasteiger partial charge in [-0.15, -0.1) is 25.8 Å². The molecule has 0 rings (SSSR count). The Morgan fingerprint density at radius 1 is 0.833 bits per heavy atom. The van der Waals surface area contributed by atoms with Crippen molar-refractivity contribution in [1.82, 2.24) is 9.80 Å². The van der Waals surface area contributed by atoms with Crippen molar-refractivity contribution < 1.29 is 39.0 Å². The van der Waals surface area contributed by atoms with Gasteiger partial charge >= 0.3 is 39.0 Å². The maximum atomic E-state index is 4.71. The fourth-order valence-electron chi connectivity index (χ4n) is 0. The Bertz CT molecular complexity index is 237. The van der Waals surface area contributed by atoms with Gasteiger partial charge in [0.2, 0.25) is 0 Å². The van der Waals surface area contributed by atoms with E-state index in [-0.39, 0.29) is 43.3 Å². The molecule has 0 aromatic heterocycles. The smallest absolute Gasteiger partial charge is 0.570 e. The van der Waals surface area contributed by atoms with Gasteiger partial charge in [-0.25, -0.2) is 0 Å². The van der Waals surface area contributed by atoms with Gasteiger partial charge in [0.05, 0.1) is 0 Å². The molecule has 0 amide bonds. The zero-order valence-electron chi connectivity index (χ0n) is 14.4. The Kier molecular flexibility index (Phi) is 135. The zero-order valence-corrected chi connectivity index (χ0v) is 25.4. The Labute approximate surface area is 205 Å². The molecule has 0 aliphatic rings. The average Bonchev–Trinajstić information content (AvgIpc) is 2.42. The quantitative estimate of drug-likeness (QED) is 0.101. The van der Waals surface area contributed by atoms with Crippen LogP contribution < -0.4 is 17.2 Å². The molecule has 0 bridgehead atoms. The molecule has 0 aromatic rings. The van der Waals surface area contributed by atoms with E-state index in [9.17, 15) is 0 Å². The Morgan fingerprint density at radius 2 is 0.875 bits per heavy atom. The van der Waals surface area contributed by atoms with E-state index in [1.165, 1.54) is 0 Å². The summed E-state index contributed by atoms with van der Waals surface area (Å²) in [6.07, 6.45) is 0. The molecular weight excluding hydrogens is 525 g/mol. The van der Waals surface area contributed by atoms with Gasteiger partial charge < -0.3 is 97.8 Å². The SMILES string of the molecule is C=C.CN(C)[C-]=S.CN(C)[C-]=S.NC(=S)S.N[C-]=S.N[C-]=S.[Zn+2].[Zn+2]. The third-order valence-electron chi connectivity index (χ3n) is 0.365. The molecule has 132 valence electrons. The second kappa shape index (κ2) is 65.0. The number of hydrogen-bond donors (Lipinski definition) is 4. The van der Waals surface area contributed by atoms with Crippen molar-refractivity contribution in [2.75, 3.05) is 28.2 Å². The molecule has 0 saturated carbocycles. The first-order valence-corrected chi connectivity index (χ1v) is 7.33. The van der Waals surface area contributed by atoms with Crippen LogP contribution in [0.3, 0.4) is 0 Å². The first-order chi connectivity index (χ1) is 10.1. The molecule has 24 heavy (non-hydrogen) atoms. The molecule has 0 radical (unpaired) electrons. The molecule has 0 saturated heterocycles. The molecular formula is C11H23N5S6Zn2. The first kappa shape index (κ1) is 49.8. The van der Waals surface area contributed by atoms with Crippen LogP contribution in [-0.4, -0.2) is 64.3 Å². The number of nitrogens with zero attached hydrogens (tertiary/aromatic N) is 2. The molecule has 0 aliphatic carbocycles. The van der Waals surface area contributed by atoms with E-state index in [0.29, 0.717) is 0 Å².